The standard InChI is InChI=1S/C17H14N2O3/c1-19-14-7-11-12(8-15(14)22-17(19)21)16(20)18-9-13(11)10-5-3-2-4-6-10/h2-8,13H,9H2,1H3,(H,18,20). The Morgan fingerprint density at radius 1 is 1.18 bits per heavy atom. The summed E-state index contributed by atoms with van der Waals surface area (Å²) >= 11 is 0. The van der Waals surface area contributed by atoms with Gasteiger partial charge in [0.2, 0.25) is 0 Å². The van der Waals surface area contributed by atoms with Crippen LogP contribution in [0.1, 0.15) is 27.4 Å². The third-order valence-electron chi connectivity index (χ3n) is 4.25. The number of rotatable bonds is 1. The Bertz CT molecular complexity index is 938. The largest absolute Gasteiger partial charge is 0.419 e. The summed E-state index contributed by atoms with van der Waals surface area (Å²) in [6.07, 6.45) is 0. The third kappa shape index (κ3) is 1.79. The quantitative estimate of drug-likeness (QED) is 0.746. The Hall–Kier alpha value is -2.82. The van der Waals surface area contributed by atoms with Crippen LogP contribution in [-0.2, 0) is 7.05 Å². The van der Waals surface area contributed by atoms with E-state index in [0.717, 1.165) is 11.1 Å². The lowest BCUT2D eigenvalue weighted by Crippen LogP contribution is -2.35. The van der Waals surface area contributed by atoms with Crippen LogP contribution in [0.3, 0.4) is 0 Å². The number of nitrogens with one attached hydrogen (secondary N) is 1. The minimum Gasteiger partial charge on any atom is -0.408 e. The lowest BCUT2D eigenvalue weighted by Gasteiger charge is -2.26. The van der Waals surface area contributed by atoms with Gasteiger partial charge in [-0.05, 0) is 23.3 Å². The normalized spacial score (nSPS) is 17.3. The number of carbonyl (C=O) groups excluding carboxylic acids is 1. The molecule has 1 atom stereocenters. The van der Waals surface area contributed by atoms with E-state index in [-0.39, 0.29) is 11.8 Å². The summed E-state index contributed by atoms with van der Waals surface area (Å²) in [7, 11) is 1.67. The summed E-state index contributed by atoms with van der Waals surface area (Å²) in [6.45, 7) is 0.549. The molecule has 0 spiro atoms. The van der Waals surface area contributed by atoms with E-state index in [1.165, 1.54) is 4.57 Å². The van der Waals surface area contributed by atoms with Gasteiger partial charge in [-0.2, -0.15) is 0 Å². The first-order chi connectivity index (χ1) is 10.6. The SMILES string of the molecule is Cn1c(=O)oc2cc3c(cc21)C(c1ccccc1)CNC3=O. The molecule has 0 saturated heterocycles. The lowest BCUT2D eigenvalue weighted by atomic mass is 9.85. The zero-order chi connectivity index (χ0) is 15.3. The van der Waals surface area contributed by atoms with Gasteiger partial charge in [-0.1, -0.05) is 30.3 Å². The van der Waals surface area contributed by atoms with Gasteiger partial charge in [0, 0.05) is 25.1 Å². The van der Waals surface area contributed by atoms with Gasteiger partial charge in [-0.15, -0.1) is 0 Å². The van der Waals surface area contributed by atoms with Crippen molar-refractivity contribution in [2.75, 3.05) is 6.54 Å². The summed E-state index contributed by atoms with van der Waals surface area (Å²) in [5.74, 6) is -0.479. The molecule has 2 aromatic carbocycles. The second-order valence-corrected chi connectivity index (χ2v) is 5.51. The van der Waals surface area contributed by atoms with Crippen molar-refractivity contribution in [1.82, 2.24) is 9.88 Å². The fourth-order valence-corrected chi connectivity index (χ4v) is 3.06. The first-order valence-corrected chi connectivity index (χ1v) is 7.12. The van der Waals surface area contributed by atoms with Crippen LogP contribution >= 0.6 is 0 Å². The first-order valence-electron chi connectivity index (χ1n) is 7.12. The Morgan fingerprint density at radius 2 is 1.95 bits per heavy atom. The van der Waals surface area contributed by atoms with Crippen LogP contribution in [0, 0.1) is 0 Å². The fraction of sp³-hybridized carbons (Fsp3) is 0.176. The molecule has 1 N–H and O–H groups in total. The molecule has 1 aromatic heterocycles. The molecule has 110 valence electrons. The summed E-state index contributed by atoms with van der Waals surface area (Å²) < 4.78 is 6.64. The van der Waals surface area contributed by atoms with Crippen LogP contribution in [0.15, 0.2) is 51.7 Å². The molecule has 0 saturated carbocycles. The lowest BCUT2D eigenvalue weighted by molar-refractivity contribution is 0.0943. The maximum atomic E-state index is 12.2. The Kier molecular flexibility index (Phi) is 2.69. The van der Waals surface area contributed by atoms with Crippen molar-refractivity contribution >= 4 is 17.0 Å². The summed E-state index contributed by atoms with van der Waals surface area (Å²) in [4.78, 5) is 23.8. The van der Waals surface area contributed by atoms with Crippen molar-refractivity contribution in [3.05, 3.63) is 69.7 Å². The fourth-order valence-electron chi connectivity index (χ4n) is 3.06. The molecule has 0 fully saturated rings. The van der Waals surface area contributed by atoms with Gasteiger partial charge in [0.15, 0.2) is 5.58 Å². The zero-order valence-corrected chi connectivity index (χ0v) is 12.0. The van der Waals surface area contributed by atoms with E-state index in [2.05, 4.69) is 5.32 Å². The Labute approximate surface area is 126 Å². The first kappa shape index (κ1) is 12.9. The highest BCUT2D eigenvalue weighted by molar-refractivity contribution is 6.00. The maximum Gasteiger partial charge on any atom is 0.419 e. The number of benzene rings is 2. The van der Waals surface area contributed by atoms with Gasteiger partial charge in [0.1, 0.15) is 0 Å². The highest BCUT2D eigenvalue weighted by Gasteiger charge is 2.28. The van der Waals surface area contributed by atoms with Crippen LogP contribution in [0.25, 0.3) is 11.1 Å². The molecular formula is C17H14N2O3. The van der Waals surface area contributed by atoms with Crippen LogP contribution in [-0.4, -0.2) is 17.0 Å². The Morgan fingerprint density at radius 3 is 2.73 bits per heavy atom. The average molecular weight is 294 g/mol. The van der Waals surface area contributed by atoms with E-state index in [1.54, 1.807) is 13.1 Å². The number of hydrogen-bond donors (Lipinski definition) is 1. The molecule has 22 heavy (non-hydrogen) atoms. The number of nitrogens with zero attached hydrogens (tertiary/aromatic N) is 1. The minimum absolute atomic E-state index is 0.0725. The van der Waals surface area contributed by atoms with E-state index in [4.69, 9.17) is 4.42 Å². The molecule has 1 amide bonds. The van der Waals surface area contributed by atoms with E-state index in [0.29, 0.717) is 23.2 Å². The van der Waals surface area contributed by atoms with Crippen molar-refractivity contribution in [1.29, 1.82) is 0 Å². The third-order valence-corrected chi connectivity index (χ3v) is 4.25. The molecule has 0 aliphatic carbocycles. The van der Waals surface area contributed by atoms with Crippen molar-refractivity contribution in [2.24, 2.45) is 7.05 Å². The van der Waals surface area contributed by atoms with Crippen LogP contribution < -0.4 is 11.1 Å². The monoisotopic (exact) mass is 294 g/mol. The predicted molar refractivity (Wildman–Crippen MR) is 82.1 cm³/mol. The zero-order valence-electron chi connectivity index (χ0n) is 12.0. The molecule has 0 bridgehead atoms. The number of oxazole rings is 1. The summed E-state index contributed by atoms with van der Waals surface area (Å²) in [5.41, 5.74) is 3.78. The second kappa shape index (κ2) is 4.59. The molecule has 1 unspecified atom stereocenters. The van der Waals surface area contributed by atoms with E-state index < -0.39 is 5.76 Å². The highest BCUT2D eigenvalue weighted by Crippen LogP contribution is 2.32. The van der Waals surface area contributed by atoms with Crippen LogP contribution in [0.2, 0.25) is 0 Å². The second-order valence-electron chi connectivity index (χ2n) is 5.51. The highest BCUT2D eigenvalue weighted by atomic mass is 16.4. The number of fused-ring (bicyclic) bond motifs is 2. The van der Waals surface area contributed by atoms with Gasteiger partial charge in [-0.3, -0.25) is 9.36 Å². The van der Waals surface area contributed by atoms with E-state index in [9.17, 15) is 9.59 Å². The van der Waals surface area contributed by atoms with Gasteiger partial charge >= 0.3 is 5.76 Å². The van der Waals surface area contributed by atoms with Crippen molar-refractivity contribution < 1.29 is 9.21 Å². The average Bonchev–Trinajstić information content (AvgIpc) is 2.82. The molecule has 2 heterocycles. The number of aromatic nitrogens is 1. The molecule has 4 rings (SSSR count). The summed E-state index contributed by atoms with van der Waals surface area (Å²) in [6, 6.07) is 13.6. The van der Waals surface area contributed by atoms with Crippen LogP contribution in [0.5, 0.6) is 0 Å². The van der Waals surface area contributed by atoms with Gasteiger partial charge in [0.05, 0.1) is 5.52 Å². The van der Waals surface area contributed by atoms with Crippen molar-refractivity contribution in [2.45, 2.75) is 5.92 Å². The van der Waals surface area contributed by atoms with Crippen molar-refractivity contribution in [3.63, 3.8) is 0 Å². The molecular weight excluding hydrogens is 280 g/mol. The topological polar surface area (TPSA) is 64.2 Å². The molecule has 1 aliphatic rings. The summed E-state index contributed by atoms with van der Waals surface area (Å²) in [5, 5.41) is 2.91. The minimum atomic E-state index is -0.422. The van der Waals surface area contributed by atoms with Gasteiger partial charge in [-0.25, -0.2) is 4.79 Å². The van der Waals surface area contributed by atoms with Gasteiger partial charge in [0.25, 0.3) is 5.91 Å². The molecule has 5 nitrogen and oxygen atoms in total. The molecule has 5 heteroatoms. The Balaban J connectivity index is 1.99. The predicted octanol–water partition coefficient (Wildman–Crippen LogP) is 2.01. The maximum absolute atomic E-state index is 12.2. The molecule has 3 aromatic rings. The number of amides is 1. The van der Waals surface area contributed by atoms with E-state index in [1.807, 2.05) is 36.4 Å². The number of hydrogen-bond acceptors (Lipinski definition) is 3. The smallest absolute Gasteiger partial charge is 0.408 e. The van der Waals surface area contributed by atoms with Gasteiger partial charge < -0.3 is 9.73 Å². The van der Waals surface area contributed by atoms with Crippen LogP contribution in [0.4, 0.5) is 0 Å². The van der Waals surface area contributed by atoms with Crippen molar-refractivity contribution in [3.8, 4) is 0 Å². The number of carbonyl (C=O) groups is 1. The molecule has 1 aliphatic heterocycles. The number of aryl methyl sites for hydroxylation is 1. The molecule has 0 radical (unpaired) electrons. The van der Waals surface area contributed by atoms with E-state index >= 15 is 0 Å².